The Bertz CT molecular complexity index is 912. The smallest absolute Gasteiger partial charge is 0.271 e. The number of carbonyl (C=O) groups excluding carboxylic acids is 1. The zero-order valence-corrected chi connectivity index (χ0v) is 15.4. The van der Waals surface area contributed by atoms with Gasteiger partial charge in [-0.1, -0.05) is 13.0 Å². The number of non-ortho nitro benzene ring substituents is 1. The fourth-order valence-corrected chi connectivity index (χ4v) is 3.15. The lowest BCUT2D eigenvalue weighted by atomic mass is 10.3. The van der Waals surface area contributed by atoms with Gasteiger partial charge in [0.05, 0.1) is 17.3 Å². The van der Waals surface area contributed by atoms with Gasteiger partial charge in [0.15, 0.2) is 5.75 Å². The second-order valence-corrected chi connectivity index (χ2v) is 7.08. The summed E-state index contributed by atoms with van der Waals surface area (Å²) in [4.78, 5) is 36.9. The van der Waals surface area contributed by atoms with Crippen LogP contribution in [-0.2, 0) is 21.3 Å². The van der Waals surface area contributed by atoms with E-state index in [9.17, 15) is 23.9 Å². The summed E-state index contributed by atoms with van der Waals surface area (Å²) in [5.41, 5.74) is 0.189. The second-order valence-electron chi connectivity index (χ2n) is 5.62. The van der Waals surface area contributed by atoms with Gasteiger partial charge in [-0.25, -0.2) is 0 Å². The monoisotopic (exact) mass is 393 g/mol. The van der Waals surface area contributed by atoms with Crippen molar-refractivity contribution in [2.24, 2.45) is 0 Å². The van der Waals surface area contributed by atoms with Gasteiger partial charge < -0.3 is 15.0 Å². The molecule has 0 saturated carbocycles. The van der Waals surface area contributed by atoms with E-state index in [1.54, 1.807) is 0 Å². The van der Waals surface area contributed by atoms with Gasteiger partial charge in [0, 0.05) is 46.6 Å². The largest absolute Gasteiger partial charge is 0.488 e. The lowest BCUT2D eigenvalue weighted by Crippen LogP contribution is -2.21. The lowest BCUT2D eigenvalue weighted by Gasteiger charge is -2.07. The number of pyridine rings is 1. The number of carbonyl (C=O) groups is 1. The van der Waals surface area contributed by atoms with E-state index in [1.807, 2.05) is 6.92 Å². The number of aromatic amines is 1. The highest BCUT2D eigenvalue weighted by Crippen LogP contribution is 2.17. The van der Waals surface area contributed by atoms with Gasteiger partial charge in [-0.2, -0.15) is 0 Å². The Morgan fingerprint density at radius 1 is 1.37 bits per heavy atom. The van der Waals surface area contributed by atoms with Crippen molar-refractivity contribution in [1.29, 1.82) is 0 Å². The molecule has 2 aromatic rings. The standard InChI is InChI=1S/C17H19N3O6S/c1-2-6-26-16-9-18-13(8-15(16)21)10-27(25)11-17(22)19-12-4-3-5-14(7-12)20(23)24/h3-5,7-9H,2,6,10-11H2,1H3,(H,18,21)(H,19,22). The molecule has 0 aliphatic carbocycles. The van der Waals surface area contributed by atoms with Crippen molar-refractivity contribution in [3.05, 3.63) is 62.6 Å². The number of nitrogens with zero attached hydrogens (tertiary/aromatic N) is 1. The molecule has 9 nitrogen and oxygen atoms in total. The molecule has 1 atom stereocenters. The van der Waals surface area contributed by atoms with Crippen LogP contribution in [0.15, 0.2) is 41.3 Å². The Morgan fingerprint density at radius 2 is 2.15 bits per heavy atom. The van der Waals surface area contributed by atoms with Crippen LogP contribution in [0.25, 0.3) is 0 Å². The maximum Gasteiger partial charge on any atom is 0.271 e. The Morgan fingerprint density at radius 3 is 2.81 bits per heavy atom. The van der Waals surface area contributed by atoms with E-state index in [0.717, 1.165) is 6.42 Å². The molecule has 0 aliphatic heterocycles. The minimum atomic E-state index is -1.57. The number of rotatable bonds is 9. The van der Waals surface area contributed by atoms with E-state index in [2.05, 4.69) is 10.3 Å². The van der Waals surface area contributed by atoms with Crippen LogP contribution in [0, 0.1) is 10.1 Å². The van der Waals surface area contributed by atoms with Crippen LogP contribution in [0.1, 0.15) is 19.0 Å². The summed E-state index contributed by atoms with van der Waals surface area (Å²) in [6.07, 6.45) is 2.18. The molecular formula is C17H19N3O6S. The molecule has 1 aromatic carbocycles. The van der Waals surface area contributed by atoms with Crippen LogP contribution in [-0.4, -0.2) is 32.4 Å². The van der Waals surface area contributed by atoms with Gasteiger partial charge in [-0.15, -0.1) is 0 Å². The van der Waals surface area contributed by atoms with E-state index in [-0.39, 0.29) is 34.1 Å². The van der Waals surface area contributed by atoms with Gasteiger partial charge in [0.1, 0.15) is 5.75 Å². The third kappa shape index (κ3) is 6.33. The summed E-state index contributed by atoms with van der Waals surface area (Å²) in [7, 11) is -1.57. The van der Waals surface area contributed by atoms with Gasteiger partial charge >= 0.3 is 0 Å². The Hall–Kier alpha value is -3.01. The van der Waals surface area contributed by atoms with Crippen molar-refractivity contribution in [2.75, 3.05) is 17.7 Å². The molecule has 1 heterocycles. The number of nitrogens with one attached hydrogen (secondary N) is 2. The zero-order chi connectivity index (χ0) is 19.8. The van der Waals surface area contributed by atoms with Gasteiger partial charge in [0.2, 0.25) is 11.3 Å². The minimum Gasteiger partial charge on any atom is -0.488 e. The molecule has 0 fully saturated rings. The first kappa shape index (κ1) is 20.3. The average molecular weight is 393 g/mol. The molecule has 0 saturated heterocycles. The fourth-order valence-electron chi connectivity index (χ4n) is 2.17. The van der Waals surface area contributed by atoms with Crippen molar-refractivity contribution in [2.45, 2.75) is 19.1 Å². The first-order valence-electron chi connectivity index (χ1n) is 8.12. The Kier molecular flexibility index (Phi) is 7.24. The number of anilines is 1. The predicted octanol–water partition coefficient (Wildman–Crippen LogP) is 1.96. The molecule has 0 radical (unpaired) electrons. The summed E-state index contributed by atoms with van der Waals surface area (Å²) in [6.45, 7) is 2.34. The predicted molar refractivity (Wildman–Crippen MR) is 101 cm³/mol. The molecule has 0 aliphatic rings. The van der Waals surface area contributed by atoms with E-state index < -0.39 is 21.6 Å². The number of ether oxygens (including phenoxy) is 1. The summed E-state index contributed by atoms with van der Waals surface area (Å²) in [5.74, 6) is -0.668. The van der Waals surface area contributed by atoms with E-state index in [4.69, 9.17) is 4.74 Å². The van der Waals surface area contributed by atoms with E-state index >= 15 is 0 Å². The first-order chi connectivity index (χ1) is 12.9. The molecule has 27 heavy (non-hydrogen) atoms. The van der Waals surface area contributed by atoms with Crippen molar-refractivity contribution in [1.82, 2.24) is 4.98 Å². The maximum atomic E-state index is 12.1. The van der Waals surface area contributed by atoms with Crippen LogP contribution < -0.4 is 15.5 Å². The van der Waals surface area contributed by atoms with Gasteiger partial charge in [-0.3, -0.25) is 23.9 Å². The van der Waals surface area contributed by atoms with Crippen LogP contribution in [0.2, 0.25) is 0 Å². The first-order valence-corrected chi connectivity index (χ1v) is 9.61. The topological polar surface area (TPSA) is 131 Å². The third-order valence-electron chi connectivity index (χ3n) is 3.35. The van der Waals surface area contributed by atoms with E-state index in [1.165, 1.54) is 36.5 Å². The third-order valence-corrected chi connectivity index (χ3v) is 4.56. The summed E-state index contributed by atoms with van der Waals surface area (Å²) < 4.78 is 17.4. The lowest BCUT2D eigenvalue weighted by molar-refractivity contribution is -0.384. The molecule has 2 N–H and O–H groups in total. The molecule has 144 valence electrons. The van der Waals surface area contributed by atoms with Crippen molar-refractivity contribution in [3.8, 4) is 5.75 Å². The quantitative estimate of drug-likeness (QED) is 0.494. The molecular weight excluding hydrogens is 374 g/mol. The highest BCUT2D eigenvalue weighted by molar-refractivity contribution is 7.84. The molecule has 1 amide bonds. The van der Waals surface area contributed by atoms with Gasteiger partial charge in [0.25, 0.3) is 5.69 Å². The number of nitro groups is 1. The number of nitro benzene ring substituents is 1. The molecule has 10 heteroatoms. The summed E-state index contributed by atoms with van der Waals surface area (Å²) in [6, 6.07) is 6.75. The molecule has 1 unspecified atom stereocenters. The van der Waals surface area contributed by atoms with Crippen molar-refractivity contribution in [3.63, 3.8) is 0 Å². The SMILES string of the molecule is CCCOc1c[nH]c(CS(=O)CC(=O)Nc2cccc([N+](=O)[O-])c2)cc1=O. The second kappa shape index (κ2) is 9.62. The number of hydrogen-bond donors (Lipinski definition) is 2. The number of amides is 1. The molecule has 0 spiro atoms. The highest BCUT2D eigenvalue weighted by Gasteiger charge is 2.12. The Labute approximate surface area is 157 Å². The van der Waals surface area contributed by atoms with Crippen LogP contribution >= 0.6 is 0 Å². The molecule has 2 rings (SSSR count). The number of aromatic nitrogens is 1. The van der Waals surface area contributed by atoms with Crippen LogP contribution in [0.4, 0.5) is 11.4 Å². The summed E-state index contributed by atoms with van der Waals surface area (Å²) >= 11 is 0. The van der Waals surface area contributed by atoms with E-state index in [0.29, 0.717) is 12.3 Å². The highest BCUT2D eigenvalue weighted by atomic mass is 32.2. The maximum absolute atomic E-state index is 12.1. The zero-order valence-electron chi connectivity index (χ0n) is 14.6. The Balaban J connectivity index is 1.92. The summed E-state index contributed by atoms with van der Waals surface area (Å²) in [5, 5.41) is 13.2. The van der Waals surface area contributed by atoms with Crippen LogP contribution in [0.3, 0.4) is 0 Å². The van der Waals surface area contributed by atoms with Crippen molar-refractivity contribution < 1.29 is 18.7 Å². The van der Waals surface area contributed by atoms with Crippen LogP contribution in [0.5, 0.6) is 5.75 Å². The number of hydrogen-bond acceptors (Lipinski definition) is 6. The number of benzene rings is 1. The molecule has 0 bridgehead atoms. The number of H-pyrrole nitrogens is 1. The fraction of sp³-hybridized carbons (Fsp3) is 0.294. The molecule has 1 aromatic heterocycles. The normalized spacial score (nSPS) is 11.6. The van der Waals surface area contributed by atoms with Gasteiger partial charge in [-0.05, 0) is 12.5 Å². The average Bonchev–Trinajstić information content (AvgIpc) is 2.61. The minimum absolute atomic E-state index is 0.00828. The van der Waals surface area contributed by atoms with Crippen molar-refractivity contribution >= 4 is 28.1 Å².